The molecule has 3 heterocycles. The minimum atomic E-state index is 0. The molecule has 28 heavy (non-hydrogen) atoms. The summed E-state index contributed by atoms with van der Waals surface area (Å²) < 4.78 is 2.36. The second-order valence-electron chi connectivity index (χ2n) is 8.66. The van der Waals surface area contributed by atoms with Gasteiger partial charge in [0.1, 0.15) is 11.6 Å². The third kappa shape index (κ3) is 6.07. The summed E-state index contributed by atoms with van der Waals surface area (Å²) in [6.45, 7) is 9.01. The van der Waals surface area contributed by atoms with Gasteiger partial charge >= 0.3 is 0 Å². The van der Waals surface area contributed by atoms with E-state index >= 15 is 0 Å². The molecule has 0 aromatic carbocycles. The first-order valence-corrected chi connectivity index (χ1v) is 11.0. The molecule has 1 saturated heterocycles. The Bertz CT molecular complexity index is 624. The zero-order valence-corrected chi connectivity index (χ0v) is 20.4. The summed E-state index contributed by atoms with van der Waals surface area (Å²) in [5.74, 6) is 3.42. The van der Waals surface area contributed by atoms with Gasteiger partial charge in [0.25, 0.3) is 0 Å². The Morgan fingerprint density at radius 1 is 1.18 bits per heavy atom. The highest BCUT2D eigenvalue weighted by molar-refractivity contribution is 14.0. The molecule has 0 aliphatic carbocycles. The number of piperidine rings is 1. The summed E-state index contributed by atoms with van der Waals surface area (Å²) in [7, 11) is 1.91. The van der Waals surface area contributed by atoms with Crippen molar-refractivity contribution in [2.75, 3.05) is 26.7 Å². The van der Waals surface area contributed by atoms with Crippen LogP contribution in [0.15, 0.2) is 4.99 Å². The molecule has 0 saturated carbocycles. The molecule has 6 nitrogen and oxygen atoms in total. The molecule has 1 aromatic rings. The van der Waals surface area contributed by atoms with Crippen LogP contribution in [0.2, 0.25) is 0 Å². The predicted molar refractivity (Wildman–Crippen MR) is 126 cm³/mol. The van der Waals surface area contributed by atoms with E-state index in [9.17, 15) is 0 Å². The topological polar surface area (TPSA) is 58.3 Å². The van der Waals surface area contributed by atoms with Gasteiger partial charge < -0.3 is 14.8 Å². The third-order valence-corrected chi connectivity index (χ3v) is 6.19. The van der Waals surface area contributed by atoms with Gasteiger partial charge in [-0.3, -0.25) is 4.99 Å². The number of aryl methyl sites for hydroxylation is 2. The van der Waals surface area contributed by atoms with Gasteiger partial charge in [0.15, 0.2) is 5.96 Å². The van der Waals surface area contributed by atoms with E-state index in [1.54, 1.807) is 0 Å². The van der Waals surface area contributed by atoms with E-state index in [0.29, 0.717) is 5.41 Å². The van der Waals surface area contributed by atoms with Crippen LogP contribution in [0.1, 0.15) is 76.9 Å². The lowest BCUT2D eigenvalue weighted by atomic mass is 9.78. The molecule has 0 radical (unpaired) electrons. The lowest BCUT2D eigenvalue weighted by molar-refractivity contribution is 0.142. The Kier molecular flexibility index (Phi) is 9.50. The number of hydrogen-bond acceptors (Lipinski definition) is 3. The van der Waals surface area contributed by atoms with Crippen molar-refractivity contribution >= 4 is 29.9 Å². The van der Waals surface area contributed by atoms with Crippen LogP contribution in [0, 0.1) is 5.41 Å². The van der Waals surface area contributed by atoms with Crippen molar-refractivity contribution in [2.45, 2.75) is 84.6 Å². The van der Waals surface area contributed by atoms with Gasteiger partial charge in [0.05, 0.1) is 0 Å². The van der Waals surface area contributed by atoms with Crippen molar-refractivity contribution in [2.24, 2.45) is 10.4 Å². The lowest BCUT2D eigenvalue weighted by Crippen LogP contribution is -2.50. The van der Waals surface area contributed by atoms with Gasteiger partial charge in [-0.25, -0.2) is 0 Å². The number of rotatable bonds is 6. The number of hydrogen-bond donors (Lipinski definition) is 1. The molecule has 160 valence electrons. The number of nitrogens with one attached hydrogen (secondary N) is 1. The van der Waals surface area contributed by atoms with E-state index in [-0.39, 0.29) is 24.0 Å². The van der Waals surface area contributed by atoms with Crippen LogP contribution in [0.3, 0.4) is 0 Å². The SMILES string of the molecule is CCCC1(C)CCCN(C(=NC)NCCCc2nnc3n2CCCCC3)C1.I. The highest BCUT2D eigenvalue weighted by atomic mass is 127. The predicted octanol–water partition coefficient (Wildman–Crippen LogP) is 4.03. The van der Waals surface area contributed by atoms with Crippen molar-refractivity contribution in [3.63, 3.8) is 0 Å². The van der Waals surface area contributed by atoms with Crippen LogP contribution >= 0.6 is 24.0 Å². The van der Waals surface area contributed by atoms with E-state index < -0.39 is 0 Å². The highest BCUT2D eigenvalue weighted by Gasteiger charge is 2.31. The number of halogens is 1. The van der Waals surface area contributed by atoms with Crippen molar-refractivity contribution in [3.05, 3.63) is 11.6 Å². The van der Waals surface area contributed by atoms with Gasteiger partial charge in [-0.05, 0) is 43.9 Å². The molecule has 1 N–H and O–H groups in total. The standard InChI is InChI=1S/C21H38N6.HI/c1-4-12-21(2)13-9-15-26(17-21)20(22-3)23-14-8-11-19-25-24-18-10-6-5-7-16-27(18)19;/h4-17H2,1-3H3,(H,22,23);1H. The van der Waals surface area contributed by atoms with Crippen molar-refractivity contribution in [1.29, 1.82) is 0 Å². The number of guanidine groups is 1. The summed E-state index contributed by atoms with van der Waals surface area (Å²) in [5.41, 5.74) is 0.434. The second-order valence-corrected chi connectivity index (χ2v) is 8.66. The summed E-state index contributed by atoms with van der Waals surface area (Å²) in [6, 6.07) is 0. The van der Waals surface area contributed by atoms with E-state index in [0.717, 1.165) is 57.2 Å². The fourth-order valence-corrected chi connectivity index (χ4v) is 4.81. The summed E-state index contributed by atoms with van der Waals surface area (Å²) in [4.78, 5) is 7.01. The molecule has 0 amide bonds. The first-order chi connectivity index (χ1) is 13.1. The average Bonchev–Trinajstić information content (AvgIpc) is 2.88. The van der Waals surface area contributed by atoms with Crippen LogP contribution in [0.4, 0.5) is 0 Å². The summed E-state index contributed by atoms with van der Waals surface area (Å²) >= 11 is 0. The molecule has 1 aromatic heterocycles. The van der Waals surface area contributed by atoms with Crippen LogP contribution in [0.25, 0.3) is 0 Å². The maximum atomic E-state index is 4.55. The summed E-state index contributed by atoms with van der Waals surface area (Å²) in [6.07, 6.45) is 12.1. The number of aliphatic imine (C=N–C) groups is 1. The molecule has 1 atom stereocenters. The molecule has 0 bridgehead atoms. The summed E-state index contributed by atoms with van der Waals surface area (Å²) in [5, 5.41) is 12.5. The minimum Gasteiger partial charge on any atom is -0.356 e. The maximum Gasteiger partial charge on any atom is 0.193 e. The Morgan fingerprint density at radius 2 is 2.04 bits per heavy atom. The quantitative estimate of drug-likeness (QED) is 0.276. The number of aromatic nitrogens is 3. The van der Waals surface area contributed by atoms with E-state index in [1.165, 1.54) is 50.8 Å². The molecular weight excluding hydrogens is 463 g/mol. The van der Waals surface area contributed by atoms with Gasteiger partial charge in [-0.1, -0.05) is 26.7 Å². The molecule has 2 aliphatic heterocycles. The molecule has 1 fully saturated rings. The first-order valence-electron chi connectivity index (χ1n) is 11.0. The molecular formula is C21H39IN6. The van der Waals surface area contributed by atoms with Crippen LogP contribution in [0.5, 0.6) is 0 Å². The van der Waals surface area contributed by atoms with Crippen LogP contribution in [-0.2, 0) is 19.4 Å². The van der Waals surface area contributed by atoms with E-state index in [4.69, 9.17) is 0 Å². The average molecular weight is 502 g/mol. The van der Waals surface area contributed by atoms with Gasteiger partial charge in [-0.15, -0.1) is 34.2 Å². The number of nitrogens with zero attached hydrogens (tertiary/aromatic N) is 5. The van der Waals surface area contributed by atoms with Crippen molar-refractivity contribution < 1.29 is 0 Å². The number of likely N-dealkylation sites (tertiary alicyclic amines) is 1. The maximum absolute atomic E-state index is 4.55. The second kappa shape index (κ2) is 11.4. The molecule has 7 heteroatoms. The first kappa shape index (κ1) is 23.4. The zero-order chi connectivity index (χ0) is 19.1. The molecule has 0 spiro atoms. The van der Waals surface area contributed by atoms with Gasteiger partial charge in [0.2, 0.25) is 0 Å². The Morgan fingerprint density at radius 3 is 2.82 bits per heavy atom. The van der Waals surface area contributed by atoms with Crippen LogP contribution < -0.4 is 5.32 Å². The van der Waals surface area contributed by atoms with Crippen molar-refractivity contribution in [1.82, 2.24) is 25.0 Å². The smallest absolute Gasteiger partial charge is 0.193 e. The Labute approximate surface area is 188 Å². The molecule has 2 aliphatic rings. The number of fused-ring (bicyclic) bond motifs is 1. The largest absolute Gasteiger partial charge is 0.356 e. The highest BCUT2D eigenvalue weighted by Crippen LogP contribution is 2.33. The van der Waals surface area contributed by atoms with Gasteiger partial charge in [-0.2, -0.15) is 0 Å². The Balaban J connectivity index is 0.00000280. The third-order valence-electron chi connectivity index (χ3n) is 6.19. The minimum absolute atomic E-state index is 0. The zero-order valence-electron chi connectivity index (χ0n) is 18.0. The van der Waals surface area contributed by atoms with Crippen molar-refractivity contribution in [3.8, 4) is 0 Å². The fourth-order valence-electron chi connectivity index (χ4n) is 4.81. The fraction of sp³-hybridized carbons (Fsp3) is 0.857. The normalized spacial score (nSPS) is 23.0. The Hall–Kier alpha value is -0.860. The van der Waals surface area contributed by atoms with E-state index in [2.05, 4.69) is 43.8 Å². The molecule has 3 rings (SSSR count). The monoisotopic (exact) mass is 502 g/mol. The van der Waals surface area contributed by atoms with Crippen LogP contribution in [-0.4, -0.2) is 52.3 Å². The van der Waals surface area contributed by atoms with E-state index in [1.807, 2.05) is 7.05 Å². The van der Waals surface area contributed by atoms with Gasteiger partial charge in [0, 0.05) is 46.1 Å². The molecule has 1 unspecified atom stereocenters. The lowest BCUT2D eigenvalue weighted by Gasteiger charge is -2.42.